The van der Waals surface area contributed by atoms with Gasteiger partial charge in [0.05, 0.1) is 17.5 Å². The number of hydrogen-bond acceptors (Lipinski definition) is 6. The van der Waals surface area contributed by atoms with Crippen molar-refractivity contribution in [2.75, 3.05) is 26.2 Å². The molecule has 0 aliphatic carbocycles. The Kier molecular flexibility index (Phi) is 9.00. The van der Waals surface area contributed by atoms with Crippen molar-refractivity contribution >= 4 is 29.1 Å². The van der Waals surface area contributed by atoms with Crippen molar-refractivity contribution in [2.45, 2.75) is 52.2 Å². The van der Waals surface area contributed by atoms with Crippen LogP contribution in [0.4, 0.5) is 0 Å². The number of carbonyl (C=O) groups excluding carboxylic acids is 1. The molecule has 5 rings (SSSR count). The number of nitrogens with one attached hydrogen (secondary N) is 1. The first-order chi connectivity index (χ1) is 18.4. The van der Waals surface area contributed by atoms with E-state index in [1.165, 1.54) is 31.5 Å². The predicted molar refractivity (Wildman–Crippen MR) is 150 cm³/mol. The smallest absolute Gasteiger partial charge is 0.241 e. The maximum absolute atomic E-state index is 13.0. The van der Waals surface area contributed by atoms with Gasteiger partial charge in [-0.1, -0.05) is 59.5 Å². The zero-order valence-electron chi connectivity index (χ0n) is 21.8. The molecule has 2 fully saturated rings. The molecule has 9 heteroatoms. The summed E-state index contributed by atoms with van der Waals surface area (Å²) in [6.07, 6.45) is 4.46. The number of likely N-dealkylation sites (tertiary alicyclic amines) is 2. The number of benzene rings is 2. The van der Waals surface area contributed by atoms with Gasteiger partial charge in [-0.3, -0.25) is 14.6 Å². The van der Waals surface area contributed by atoms with Gasteiger partial charge in [-0.15, -0.1) is 0 Å². The average Bonchev–Trinajstić information content (AvgIpc) is 3.36. The number of carbonyl (C=O) groups is 1. The summed E-state index contributed by atoms with van der Waals surface area (Å²) in [6.45, 7) is 8.31. The lowest BCUT2D eigenvalue weighted by atomic mass is 9.97. The Morgan fingerprint density at radius 1 is 1.00 bits per heavy atom. The van der Waals surface area contributed by atoms with E-state index < -0.39 is 0 Å². The van der Waals surface area contributed by atoms with Gasteiger partial charge in [-0.2, -0.15) is 4.98 Å². The molecule has 2 atom stereocenters. The van der Waals surface area contributed by atoms with Crippen LogP contribution in [0.25, 0.3) is 11.4 Å². The van der Waals surface area contributed by atoms with E-state index in [0.717, 1.165) is 37.4 Å². The fraction of sp³-hybridized carbons (Fsp3) is 0.483. The SMILES string of the molecule is CC1CCCN(Cc2ccc(CNC(=O)C3CCCN(Cc4nc(-c5ccc(Cl)cc5Cl)no4)C3)cc2)C1. The maximum Gasteiger partial charge on any atom is 0.241 e. The van der Waals surface area contributed by atoms with Gasteiger partial charge in [0.25, 0.3) is 0 Å². The third-order valence-corrected chi connectivity index (χ3v) is 8.06. The largest absolute Gasteiger partial charge is 0.352 e. The van der Waals surface area contributed by atoms with Crippen molar-refractivity contribution < 1.29 is 9.32 Å². The highest BCUT2D eigenvalue weighted by molar-refractivity contribution is 6.36. The lowest BCUT2D eigenvalue weighted by Gasteiger charge is -2.31. The van der Waals surface area contributed by atoms with Gasteiger partial charge in [0.15, 0.2) is 0 Å². The number of amides is 1. The molecule has 38 heavy (non-hydrogen) atoms. The standard InChI is InChI=1S/C29H35Cl2N5O2/c1-20-4-2-12-35(16-20)17-22-8-6-21(7-9-22)15-32-29(37)23-5-3-13-36(18-23)19-27-33-28(34-38-27)25-11-10-24(30)14-26(25)31/h6-11,14,20,23H,2-5,12-13,15-19H2,1H3,(H,32,37). The molecular weight excluding hydrogens is 521 g/mol. The Balaban J connectivity index is 1.09. The molecule has 1 aromatic heterocycles. The number of aromatic nitrogens is 2. The molecule has 0 saturated carbocycles. The molecule has 202 valence electrons. The number of nitrogens with zero attached hydrogens (tertiary/aromatic N) is 4. The average molecular weight is 557 g/mol. The minimum atomic E-state index is -0.0581. The van der Waals surface area contributed by atoms with Crippen molar-refractivity contribution in [1.82, 2.24) is 25.3 Å². The molecule has 2 aliphatic rings. The van der Waals surface area contributed by atoms with E-state index in [2.05, 4.69) is 56.4 Å². The molecule has 3 heterocycles. The Morgan fingerprint density at radius 2 is 1.74 bits per heavy atom. The number of hydrogen-bond donors (Lipinski definition) is 1. The van der Waals surface area contributed by atoms with Crippen LogP contribution in [0.3, 0.4) is 0 Å². The number of halogens is 2. The van der Waals surface area contributed by atoms with E-state index in [9.17, 15) is 4.79 Å². The summed E-state index contributed by atoms with van der Waals surface area (Å²) in [6, 6.07) is 13.8. The van der Waals surface area contributed by atoms with Gasteiger partial charge >= 0.3 is 0 Å². The highest BCUT2D eigenvalue weighted by Gasteiger charge is 2.27. The highest BCUT2D eigenvalue weighted by atomic mass is 35.5. The number of piperidine rings is 2. The summed E-state index contributed by atoms with van der Waals surface area (Å²) < 4.78 is 5.47. The zero-order chi connectivity index (χ0) is 26.5. The van der Waals surface area contributed by atoms with Crippen LogP contribution in [0.5, 0.6) is 0 Å². The van der Waals surface area contributed by atoms with Crippen LogP contribution in [-0.2, 0) is 24.4 Å². The van der Waals surface area contributed by atoms with Crippen LogP contribution in [0.2, 0.25) is 10.0 Å². The van der Waals surface area contributed by atoms with Gasteiger partial charge in [0, 0.05) is 36.8 Å². The second-order valence-corrected chi connectivity index (χ2v) is 11.6. The highest BCUT2D eigenvalue weighted by Crippen LogP contribution is 2.29. The van der Waals surface area contributed by atoms with E-state index in [1.54, 1.807) is 18.2 Å². The fourth-order valence-electron chi connectivity index (χ4n) is 5.49. The Hall–Kier alpha value is -2.45. The molecular formula is C29H35Cl2N5O2. The summed E-state index contributed by atoms with van der Waals surface area (Å²) in [4.78, 5) is 22.2. The van der Waals surface area contributed by atoms with Crippen molar-refractivity contribution in [2.24, 2.45) is 11.8 Å². The molecule has 7 nitrogen and oxygen atoms in total. The van der Waals surface area contributed by atoms with E-state index in [-0.39, 0.29) is 11.8 Å². The minimum absolute atomic E-state index is 0.0581. The van der Waals surface area contributed by atoms with Crippen molar-refractivity contribution in [3.63, 3.8) is 0 Å². The monoisotopic (exact) mass is 555 g/mol. The quantitative estimate of drug-likeness (QED) is 0.378. The first-order valence-corrected chi connectivity index (χ1v) is 14.3. The van der Waals surface area contributed by atoms with Crippen LogP contribution in [0, 0.1) is 11.8 Å². The molecule has 2 aromatic carbocycles. The van der Waals surface area contributed by atoms with Crippen LogP contribution < -0.4 is 5.32 Å². The fourth-order valence-corrected chi connectivity index (χ4v) is 5.98. The van der Waals surface area contributed by atoms with E-state index in [1.807, 2.05) is 0 Å². The van der Waals surface area contributed by atoms with E-state index >= 15 is 0 Å². The molecule has 2 unspecified atom stereocenters. The predicted octanol–water partition coefficient (Wildman–Crippen LogP) is 5.80. The third-order valence-electron chi connectivity index (χ3n) is 7.51. The molecule has 1 amide bonds. The summed E-state index contributed by atoms with van der Waals surface area (Å²) in [5.74, 6) is 1.76. The van der Waals surface area contributed by atoms with Crippen molar-refractivity contribution in [1.29, 1.82) is 0 Å². The third kappa shape index (κ3) is 7.14. The van der Waals surface area contributed by atoms with Gasteiger partial charge in [-0.25, -0.2) is 0 Å². The van der Waals surface area contributed by atoms with Crippen molar-refractivity contribution in [3.8, 4) is 11.4 Å². The Bertz CT molecular complexity index is 1230. The Morgan fingerprint density at radius 3 is 2.50 bits per heavy atom. The van der Waals surface area contributed by atoms with Crippen LogP contribution in [0.1, 0.15) is 49.6 Å². The molecule has 1 N–H and O–H groups in total. The molecule has 0 radical (unpaired) electrons. The summed E-state index contributed by atoms with van der Waals surface area (Å²) >= 11 is 12.3. The van der Waals surface area contributed by atoms with Gasteiger partial charge in [0.1, 0.15) is 0 Å². The normalized spacial score (nSPS) is 20.9. The Labute approximate surface area is 234 Å². The van der Waals surface area contributed by atoms with E-state index in [4.69, 9.17) is 27.7 Å². The minimum Gasteiger partial charge on any atom is -0.352 e. The van der Waals surface area contributed by atoms with Crippen molar-refractivity contribution in [3.05, 3.63) is 69.5 Å². The second-order valence-electron chi connectivity index (χ2n) is 10.7. The first kappa shape index (κ1) is 27.1. The zero-order valence-corrected chi connectivity index (χ0v) is 23.3. The molecule has 0 spiro atoms. The van der Waals surface area contributed by atoms with Gasteiger partial charge in [0.2, 0.25) is 17.6 Å². The molecule has 2 aliphatic heterocycles. The maximum atomic E-state index is 13.0. The van der Waals surface area contributed by atoms with Gasteiger partial charge in [-0.05, 0) is 74.0 Å². The second kappa shape index (κ2) is 12.6. The lowest BCUT2D eigenvalue weighted by Crippen LogP contribution is -2.42. The summed E-state index contributed by atoms with van der Waals surface area (Å²) in [7, 11) is 0. The van der Waals surface area contributed by atoms with Crippen LogP contribution >= 0.6 is 23.2 Å². The van der Waals surface area contributed by atoms with Gasteiger partial charge < -0.3 is 9.84 Å². The lowest BCUT2D eigenvalue weighted by molar-refractivity contribution is -0.127. The summed E-state index contributed by atoms with van der Waals surface area (Å²) in [5.41, 5.74) is 3.14. The van der Waals surface area contributed by atoms with Crippen LogP contribution in [0.15, 0.2) is 47.0 Å². The molecule has 2 saturated heterocycles. The number of rotatable bonds is 8. The van der Waals surface area contributed by atoms with Crippen LogP contribution in [-0.4, -0.2) is 52.0 Å². The summed E-state index contributed by atoms with van der Waals surface area (Å²) in [5, 5.41) is 8.26. The molecule has 0 bridgehead atoms. The van der Waals surface area contributed by atoms with E-state index in [0.29, 0.717) is 47.0 Å². The molecule has 3 aromatic rings. The first-order valence-electron chi connectivity index (χ1n) is 13.5. The topological polar surface area (TPSA) is 74.5 Å².